The van der Waals surface area contributed by atoms with Crippen molar-refractivity contribution in [3.63, 3.8) is 0 Å². The highest BCUT2D eigenvalue weighted by atomic mass is 16.5. The first-order valence-corrected chi connectivity index (χ1v) is 8.56. The molecule has 1 aliphatic heterocycles. The van der Waals surface area contributed by atoms with Gasteiger partial charge in [-0.05, 0) is 37.8 Å². The number of carbonyl (C=O) groups is 1. The van der Waals surface area contributed by atoms with E-state index in [4.69, 9.17) is 4.74 Å². The molecule has 0 saturated carbocycles. The minimum atomic E-state index is -0.0220. The van der Waals surface area contributed by atoms with E-state index in [1.165, 1.54) is 0 Å². The molecule has 2 atom stereocenters. The topological polar surface area (TPSA) is 42.4 Å². The molecule has 4 nitrogen and oxygen atoms in total. The van der Waals surface area contributed by atoms with Crippen molar-refractivity contribution in [1.82, 2.24) is 9.88 Å². The summed E-state index contributed by atoms with van der Waals surface area (Å²) in [6.07, 6.45) is 2.72. The van der Waals surface area contributed by atoms with Crippen molar-refractivity contribution in [2.24, 2.45) is 5.92 Å². The average Bonchev–Trinajstić information content (AvgIpc) is 2.95. The van der Waals surface area contributed by atoms with Crippen molar-refractivity contribution < 1.29 is 9.53 Å². The Hall–Kier alpha value is -1.42. The number of ether oxygens (including phenoxy) is 1. The summed E-state index contributed by atoms with van der Waals surface area (Å²) in [5.41, 5.74) is 2.13. The molecule has 1 aliphatic rings. The highest BCUT2D eigenvalue weighted by Crippen LogP contribution is 2.31. The number of hydrogen-bond donors (Lipinski definition) is 0. The highest BCUT2D eigenvalue weighted by molar-refractivity contribution is 5.76. The fourth-order valence-corrected chi connectivity index (χ4v) is 3.54. The molecule has 0 aromatic carbocycles. The predicted octanol–water partition coefficient (Wildman–Crippen LogP) is 3.33. The number of nitrogens with zero attached hydrogens (tertiary/aromatic N) is 2. The van der Waals surface area contributed by atoms with Gasteiger partial charge < -0.3 is 9.64 Å². The van der Waals surface area contributed by atoms with Crippen LogP contribution in [0.5, 0.6) is 0 Å². The number of aromatic nitrogens is 1. The van der Waals surface area contributed by atoms with Crippen LogP contribution in [-0.2, 0) is 14.9 Å². The zero-order valence-corrected chi connectivity index (χ0v) is 15.1. The molecule has 0 bridgehead atoms. The summed E-state index contributed by atoms with van der Waals surface area (Å²) in [7, 11) is 1.72. The largest absolute Gasteiger partial charge is 0.380 e. The van der Waals surface area contributed by atoms with Crippen LogP contribution in [0.3, 0.4) is 0 Å². The second kappa shape index (κ2) is 7.43. The minimum Gasteiger partial charge on any atom is -0.380 e. The summed E-state index contributed by atoms with van der Waals surface area (Å²) >= 11 is 0. The summed E-state index contributed by atoms with van der Waals surface area (Å²) < 4.78 is 5.34. The third-order valence-corrected chi connectivity index (χ3v) is 4.79. The smallest absolute Gasteiger partial charge is 0.222 e. The molecule has 0 spiro atoms. The van der Waals surface area contributed by atoms with E-state index in [9.17, 15) is 4.79 Å². The maximum atomic E-state index is 12.4. The molecule has 1 amide bonds. The van der Waals surface area contributed by atoms with E-state index in [0.29, 0.717) is 12.3 Å². The molecule has 128 valence electrons. The molecule has 0 N–H and O–H groups in total. The summed E-state index contributed by atoms with van der Waals surface area (Å²) in [4.78, 5) is 19.1. The molecule has 4 heteroatoms. The summed E-state index contributed by atoms with van der Waals surface area (Å²) in [5.74, 6) is 0.589. The van der Waals surface area contributed by atoms with Gasteiger partial charge in [0.05, 0.1) is 6.10 Å². The lowest BCUT2D eigenvalue weighted by atomic mass is 9.79. The maximum absolute atomic E-state index is 12.4. The second-order valence-corrected chi connectivity index (χ2v) is 7.55. The molecule has 2 rings (SSSR count). The van der Waals surface area contributed by atoms with Gasteiger partial charge in [0.25, 0.3) is 0 Å². The first-order valence-electron chi connectivity index (χ1n) is 8.56. The Morgan fingerprint density at radius 1 is 1.48 bits per heavy atom. The zero-order valence-electron chi connectivity index (χ0n) is 15.1. The van der Waals surface area contributed by atoms with Crippen molar-refractivity contribution in [2.45, 2.75) is 58.5 Å². The van der Waals surface area contributed by atoms with Gasteiger partial charge in [-0.2, -0.15) is 0 Å². The lowest BCUT2D eigenvalue weighted by molar-refractivity contribution is -0.131. The van der Waals surface area contributed by atoms with Crippen molar-refractivity contribution in [1.29, 1.82) is 0 Å². The first-order chi connectivity index (χ1) is 10.8. The second-order valence-electron chi connectivity index (χ2n) is 7.55. The van der Waals surface area contributed by atoms with Crippen LogP contribution in [0.4, 0.5) is 0 Å². The molecule has 0 aliphatic carbocycles. The SMILES string of the molecule is COC1CCN(C(=O)CC(C)CC(C)(C)c2cccc(C)n2)C1. The molecule has 1 saturated heterocycles. The van der Waals surface area contributed by atoms with Gasteiger partial charge in [0.1, 0.15) is 0 Å². The van der Waals surface area contributed by atoms with Gasteiger partial charge in [-0.25, -0.2) is 0 Å². The summed E-state index contributed by atoms with van der Waals surface area (Å²) in [6.45, 7) is 10.2. The number of amides is 1. The van der Waals surface area contributed by atoms with Crippen molar-refractivity contribution in [3.05, 3.63) is 29.6 Å². The Morgan fingerprint density at radius 2 is 2.22 bits per heavy atom. The monoisotopic (exact) mass is 318 g/mol. The van der Waals surface area contributed by atoms with E-state index in [1.807, 2.05) is 17.9 Å². The summed E-state index contributed by atoms with van der Waals surface area (Å²) in [5, 5.41) is 0. The maximum Gasteiger partial charge on any atom is 0.222 e. The standard InChI is InChI=1S/C19H30N2O2/c1-14(11-18(22)21-10-9-16(13-21)23-5)12-19(3,4)17-8-6-7-15(2)20-17/h6-8,14,16H,9-13H2,1-5H3. The molecule has 0 radical (unpaired) electrons. The lowest BCUT2D eigenvalue weighted by Crippen LogP contribution is -2.32. The molecular formula is C19H30N2O2. The van der Waals surface area contributed by atoms with Gasteiger partial charge in [0.2, 0.25) is 5.91 Å². The molecule has 1 aromatic heterocycles. The van der Waals surface area contributed by atoms with Crippen LogP contribution in [0.15, 0.2) is 18.2 Å². The van der Waals surface area contributed by atoms with Crippen LogP contribution in [0.25, 0.3) is 0 Å². The van der Waals surface area contributed by atoms with Crippen LogP contribution < -0.4 is 0 Å². The van der Waals surface area contributed by atoms with Gasteiger partial charge in [-0.1, -0.05) is 26.8 Å². The van der Waals surface area contributed by atoms with Crippen LogP contribution in [-0.4, -0.2) is 42.1 Å². The van der Waals surface area contributed by atoms with Crippen molar-refractivity contribution >= 4 is 5.91 Å². The Kier molecular flexibility index (Phi) is 5.79. The molecular weight excluding hydrogens is 288 g/mol. The Labute approximate surface area is 140 Å². The van der Waals surface area contributed by atoms with Gasteiger partial charge in [0, 0.05) is 43.4 Å². The number of aryl methyl sites for hydroxylation is 1. The molecule has 1 aromatic rings. The van der Waals surface area contributed by atoms with E-state index < -0.39 is 0 Å². The fraction of sp³-hybridized carbons (Fsp3) is 0.684. The van der Waals surface area contributed by atoms with E-state index in [0.717, 1.165) is 37.3 Å². The zero-order chi connectivity index (χ0) is 17.0. The Balaban J connectivity index is 1.91. The molecule has 2 unspecified atom stereocenters. The number of hydrogen-bond acceptors (Lipinski definition) is 3. The van der Waals surface area contributed by atoms with Crippen LogP contribution in [0.1, 0.15) is 51.4 Å². The Bertz CT molecular complexity index is 542. The number of likely N-dealkylation sites (tertiary alicyclic amines) is 1. The van der Waals surface area contributed by atoms with Gasteiger partial charge in [0.15, 0.2) is 0 Å². The van der Waals surface area contributed by atoms with Gasteiger partial charge >= 0.3 is 0 Å². The number of rotatable bonds is 6. The van der Waals surface area contributed by atoms with Gasteiger partial charge in [-0.3, -0.25) is 9.78 Å². The third-order valence-electron chi connectivity index (χ3n) is 4.79. The van der Waals surface area contributed by atoms with Gasteiger partial charge in [-0.15, -0.1) is 0 Å². The van der Waals surface area contributed by atoms with Crippen LogP contribution in [0.2, 0.25) is 0 Å². The van der Waals surface area contributed by atoms with E-state index in [2.05, 4.69) is 37.9 Å². The van der Waals surface area contributed by atoms with Crippen molar-refractivity contribution in [3.8, 4) is 0 Å². The Morgan fingerprint density at radius 3 is 2.83 bits per heavy atom. The van der Waals surface area contributed by atoms with Crippen LogP contribution >= 0.6 is 0 Å². The highest BCUT2D eigenvalue weighted by Gasteiger charge is 2.29. The number of carbonyl (C=O) groups excluding carboxylic acids is 1. The van der Waals surface area contributed by atoms with E-state index in [-0.39, 0.29) is 17.4 Å². The number of pyridine rings is 1. The minimum absolute atomic E-state index is 0.0220. The molecule has 2 heterocycles. The lowest BCUT2D eigenvalue weighted by Gasteiger charge is -2.28. The van der Waals surface area contributed by atoms with Crippen LogP contribution in [0, 0.1) is 12.8 Å². The normalized spacial score (nSPS) is 19.9. The third kappa shape index (κ3) is 4.77. The predicted molar refractivity (Wildman–Crippen MR) is 92.4 cm³/mol. The van der Waals surface area contributed by atoms with E-state index >= 15 is 0 Å². The summed E-state index contributed by atoms with van der Waals surface area (Å²) in [6, 6.07) is 6.17. The average molecular weight is 318 g/mol. The molecule has 1 fully saturated rings. The van der Waals surface area contributed by atoms with E-state index in [1.54, 1.807) is 7.11 Å². The molecule has 23 heavy (non-hydrogen) atoms. The fourth-order valence-electron chi connectivity index (χ4n) is 3.54. The number of methoxy groups -OCH3 is 1. The quantitative estimate of drug-likeness (QED) is 0.808. The van der Waals surface area contributed by atoms with Crippen molar-refractivity contribution in [2.75, 3.05) is 20.2 Å². The first kappa shape index (κ1) is 17.9.